The van der Waals surface area contributed by atoms with E-state index in [1.807, 2.05) is 4.90 Å². The number of aromatic amines is 1. The second-order valence-electron chi connectivity index (χ2n) is 7.72. The molecular formula is C22H34IN5O. The number of nitrogens with one attached hydrogen (secondary N) is 3. The normalized spacial score (nSPS) is 17.1. The minimum atomic E-state index is 0. The SMILES string of the molecule is CN=C(NCCC(=O)N1CCCCC1C)NCCc1c[nH]c2cc(C)ccc12.I. The number of aromatic nitrogens is 1. The zero-order valence-electron chi connectivity index (χ0n) is 17.8. The molecule has 0 spiro atoms. The maximum absolute atomic E-state index is 12.4. The highest BCUT2D eigenvalue weighted by Crippen LogP contribution is 2.19. The third-order valence-electron chi connectivity index (χ3n) is 5.59. The fourth-order valence-electron chi connectivity index (χ4n) is 3.94. The van der Waals surface area contributed by atoms with Crippen LogP contribution < -0.4 is 10.6 Å². The zero-order chi connectivity index (χ0) is 19.9. The maximum Gasteiger partial charge on any atom is 0.224 e. The van der Waals surface area contributed by atoms with E-state index in [2.05, 4.69) is 58.9 Å². The number of H-pyrrole nitrogens is 1. The molecule has 1 aromatic carbocycles. The molecule has 2 heterocycles. The molecule has 0 bridgehead atoms. The van der Waals surface area contributed by atoms with E-state index in [1.165, 1.54) is 28.5 Å². The van der Waals surface area contributed by atoms with Crippen LogP contribution in [-0.4, -0.2) is 54.5 Å². The van der Waals surface area contributed by atoms with E-state index < -0.39 is 0 Å². The lowest BCUT2D eigenvalue weighted by atomic mass is 10.0. The Bertz CT molecular complexity index is 832. The number of nitrogens with zero attached hydrogens (tertiary/aromatic N) is 2. The first-order valence-corrected chi connectivity index (χ1v) is 10.4. The van der Waals surface area contributed by atoms with Crippen LogP contribution in [0, 0.1) is 6.92 Å². The van der Waals surface area contributed by atoms with Crippen molar-refractivity contribution in [1.29, 1.82) is 0 Å². The van der Waals surface area contributed by atoms with Crippen molar-refractivity contribution < 1.29 is 4.79 Å². The number of rotatable bonds is 6. The highest BCUT2D eigenvalue weighted by atomic mass is 127. The number of amides is 1. The molecule has 0 saturated carbocycles. The monoisotopic (exact) mass is 511 g/mol. The van der Waals surface area contributed by atoms with E-state index in [4.69, 9.17) is 0 Å². The van der Waals surface area contributed by atoms with Gasteiger partial charge in [-0.05, 0) is 56.7 Å². The molecule has 1 unspecified atom stereocenters. The van der Waals surface area contributed by atoms with Gasteiger partial charge >= 0.3 is 0 Å². The number of aryl methyl sites for hydroxylation is 1. The van der Waals surface area contributed by atoms with Gasteiger partial charge in [0, 0.05) is 56.2 Å². The predicted molar refractivity (Wildman–Crippen MR) is 131 cm³/mol. The Balaban J connectivity index is 0.00000300. The molecule has 0 radical (unpaired) electrons. The summed E-state index contributed by atoms with van der Waals surface area (Å²) in [6.45, 7) is 6.55. The summed E-state index contributed by atoms with van der Waals surface area (Å²) < 4.78 is 0. The van der Waals surface area contributed by atoms with Gasteiger partial charge in [-0.3, -0.25) is 9.79 Å². The molecule has 2 aromatic rings. The fraction of sp³-hybridized carbons (Fsp3) is 0.545. The number of fused-ring (bicyclic) bond motifs is 1. The van der Waals surface area contributed by atoms with E-state index in [0.29, 0.717) is 19.0 Å². The number of piperidine rings is 1. The summed E-state index contributed by atoms with van der Waals surface area (Å²) in [6.07, 6.45) is 6.98. The summed E-state index contributed by atoms with van der Waals surface area (Å²) in [5.74, 6) is 0.986. The van der Waals surface area contributed by atoms with Crippen molar-refractivity contribution in [3.63, 3.8) is 0 Å². The molecule has 29 heavy (non-hydrogen) atoms. The second kappa shape index (κ2) is 11.4. The van der Waals surface area contributed by atoms with Gasteiger partial charge in [-0.15, -0.1) is 24.0 Å². The maximum atomic E-state index is 12.4. The first kappa shape index (κ1) is 23.5. The molecule has 1 aliphatic rings. The summed E-state index contributed by atoms with van der Waals surface area (Å²) in [5.41, 5.74) is 3.74. The van der Waals surface area contributed by atoms with Crippen molar-refractivity contribution in [2.45, 2.75) is 52.0 Å². The van der Waals surface area contributed by atoms with E-state index in [1.54, 1.807) is 7.05 Å². The van der Waals surface area contributed by atoms with Gasteiger partial charge in [-0.1, -0.05) is 12.1 Å². The van der Waals surface area contributed by atoms with Crippen LogP contribution in [0.1, 0.15) is 43.7 Å². The smallest absolute Gasteiger partial charge is 0.224 e. The number of aliphatic imine (C=N–C) groups is 1. The summed E-state index contributed by atoms with van der Waals surface area (Å²) >= 11 is 0. The molecule has 3 N–H and O–H groups in total. The van der Waals surface area contributed by atoms with Crippen LogP contribution in [0.25, 0.3) is 10.9 Å². The minimum absolute atomic E-state index is 0. The molecule has 7 heteroatoms. The number of halogens is 1. The number of likely N-dealkylation sites (tertiary alicyclic amines) is 1. The molecule has 1 aliphatic heterocycles. The van der Waals surface area contributed by atoms with Crippen molar-refractivity contribution in [1.82, 2.24) is 20.5 Å². The third kappa shape index (κ3) is 6.35. The summed E-state index contributed by atoms with van der Waals surface area (Å²) in [4.78, 5) is 22.1. The van der Waals surface area contributed by atoms with Crippen molar-refractivity contribution in [3.8, 4) is 0 Å². The van der Waals surface area contributed by atoms with Crippen molar-refractivity contribution >= 4 is 46.7 Å². The molecule has 160 valence electrons. The Morgan fingerprint density at radius 1 is 1.28 bits per heavy atom. The molecule has 1 fully saturated rings. The van der Waals surface area contributed by atoms with Crippen LogP contribution >= 0.6 is 24.0 Å². The lowest BCUT2D eigenvalue weighted by molar-refractivity contribution is -0.134. The molecule has 1 saturated heterocycles. The van der Waals surface area contributed by atoms with E-state index in [9.17, 15) is 4.79 Å². The number of hydrogen-bond donors (Lipinski definition) is 3. The Hall–Kier alpha value is -1.77. The molecular weight excluding hydrogens is 477 g/mol. The minimum Gasteiger partial charge on any atom is -0.361 e. The van der Waals surface area contributed by atoms with Crippen LogP contribution in [0.3, 0.4) is 0 Å². The zero-order valence-corrected chi connectivity index (χ0v) is 20.1. The molecule has 3 rings (SSSR count). The van der Waals surface area contributed by atoms with Gasteiger partial charge in [0.05, 0.1) is 0 Å². The average Bonchev–Trinajstić information content (AvgIpc) is 3.09. The van der Waals surface area contributed by atoms with Gasteiger partial charge in [-0.25, -0.2) is 0 Å². The lowest BCUT2D eigenvalue weighted by Crippen LogP contribution is -2.44. The number of carbonyl (C=O) groups is 1. The van der Waals surface area contributed by atoms with Gasteiger partial charge in [0.2, 0.25) is 5.91 Å². The van der Waals surface area contributed by atoms with Crippen LogP contribution in [0.2, 0.25) is 0 Å². The molecule has 1 atom stereocenters. The van der Waals surface area contributed by atoms with Crippen molar-refractivity contribution in [2.75, 3.05) is 26.7 Å². The topological polar surface area (TPSA) is 72.5 Å². The highest BCUT2D eigenvalue weighted by Gasteiger charge is 2.22. The van der Waals surface area contributed by atoms with Crippen LogP contribution in [0.4, 0.5) is 0 Å². The second-order valence-corrected chi connectivity index (χ2v) is 7.72. The van der Waals surface area contributed by atoms with Crippen molar-refractivity contribution in [3.05, 3.63) is 35.5 Å². The van der Waals surface area contributed by atoms with Crippen LogP contribution in [0.5, 0.6) is 0 Å². The Kier molecular flexibility index (Phi) is 9.26. The van der Waals surface area contributed by atoms with Crippen molar-refractivity contribution in [2.24, 2.45) is 4.99 Å². The molecule has 6 nitrogen and oxygen atoms in total. The Morgan fingerprint density at radius 3 is 2.83 bits per heavy atom. The Morgan fingerprint density at radius 2 is 2.07 bits per heavy atom. The molecule has 1 amide bonds. The number of hydrogen-bond acceptors (Lipinski definition) is 2. The van der Waals surface area contributed by atoms with E-state index in [-0.39, 0.29) is 29.9 Å². The molecule has 1 aromatic heterocycles. The lowest BCUT2D eigenvalue weighted by Gasteiger charge is -2.33. The summed E-state index contributed by atoms with van der Waals surface area (Å²) in [5, 5.41) is 7.88. The molecule has 0 aliphatic carbocycles. The number of benzene rings is 1. The van der Waals surface area contributed by atoms with E-state index >= 15 is 0 Å². The highest BCUT2D eigenvalue weighted by molar-refractivity contribution is 14.0. The standard InChI is InChI=1S/C22H33N5O.HI/c1-16-7-8-19-18(15-26-20(19)14-16)9-11-24-22(23-3)25-12-10-21(28)27-13-5-4-6-17(27)2;/h7-8,14-15,17,26H,4-6,9-13H2,1-3H3,(H2,23,24,25);1H. The first-order chi connectivity index (χ1) is 13.6. The largest absolute Gasteiger partial charge is 0.361 e. The van der Waals surface area contributed by atoms with Gasteiger partial charge in [0.15, 0.2) is 5.96 Å². The van der Waals surface area contributed by atoms with Gasteiger partial charge in [0.1, 0.15) is 0 Å². The fourth-order valence-corrected chi connectivity index (χ4v) is 3.94. The summed E-state index contributed by atoms with van der Waals surface area (Å²) in [7, 11) is 1.76. The van der Waals surface area contributed by atoms with Gasteiger partial charge < -0.3 is 20.5 Å². The predicted octanol–water partition coefficient (Wildman–Crippen LogP) is 3.59. The number of carbonyl (C=O) groups excluding carboxylic acids is 1. The third-order valence-corrected chi connectivity index (χ3v) is 5.59. The number of guanidine groups is 1. The Labute approximate surface area is 190 Å². The first-order valence-electron chi connectivity index (χ1n) is 10.4. The van der Waals surface area contributed by atoms with Gasteiger partial charge in [-0.2, -0.15) is 0 Å². The van der Waals surface area contributed by atoms with Crippen LogP contribution in [-0.2, 0) is 11.2 Å². The quantitative estimate of drug-likeness (QED) is 0.316. The average molecular weight is 511 g/mol. The van der Waals surface area contributed by atoms with Gasteiger partial charge in [0.25, 0.3) is 0 Å². The summed E-state index contributed by atoms with van der Waals surface area (Å²) in [6, 6.07) is 6.87. The van der Waals surface area contributed by atoms with Crippen LogP contribution in [0.15, 0.2) is 29.4 Å². The van der Waals surface area contributed by atoms with E-state index in [0.717, 1.165) is 38.3 Å².